The Bertz CT molecular complexity index is 494. The van der Waals surface area contributed by atoms with Crippen LogP contribution in [0.25, 0.3) is 0 Å². The van der Waals surface area contributed by atoms with Gasteiger partial charge in [0.15, 0.2) is 0 Å². The molecule has 3 nitrogen and oxygen atoms in total. The summed E-state index contributed by atoms with van der Waals surface area (Å²) in [6.07, 6.45) is -5.90. The zero-order valence-corrected chi connectivity index (χ0v) is 10.1. The number of nitrogens with one attached hydrogen (secondary N) is 1. The first-order chi connectivity index (χ1) is 8.13. The van der Waals surface area contributed by atoms with Gasteiger partial charge in [-0.3, -0.25) is 0 Å². The van der Waals surface area contributed by atoms with Gasteiger partial charge in [0.25, 0.3) is 0 Å². The van der Waals surface area contributed by atoms with Crippen molar-refractivity contribution in [2.75, 3.05) is 6.54 Å². The molecule has 8 heteroatoms. The van der Waals surface area contributed by atoms with Crippen molar-refractivity contribution in [2.45, 2.75) is 24.2 Å². The van der Waals surface area contributed by atoms with E-state index in [1.807, 2.05) is 4.72 Å². The van der Waals surface area contributed by atoms with Crippen LogP contribution in [0.3, 0.4) is 0 Å². The quantitative estimate of drug-likeness (QED) is 0.863. The predicted octanol–water partition coefficient (Wildman–Crippen LogP) is 2.34. The minimum absolute atomic E-state index is 0.337. The second kappa shape index (κ2) is 5.23. The number of benzene rings is 1. The third-order valence-electron chi connectivity index (χ3n) is 2.05. The molecule has 1 aromatic carbocycles. The Balaban J connectivity index is 2.91. The largest absolute Gasteiger partial charge is 0.416 e. The molecule has 0 amide bonds. The van der Waals surface area contributed by atoms with Gasteiger partial charge in [0.05, 0.1) is 10.5 Å². The summed E-state index contributed by atoms with van der Waals surface area (Å²) in [5.74, 6) is 0. The molecule has 1 rings (SSSR count). The zero-order valence-electron chi connectivity index (χ0n) is 9.33. The summed E-state index contributed by atoms with van der Waals surface area (Å²) in [5, 5.41) is 0. The normalized spacial score (nSPS) is 14.5. The van der Waals surface area contributed by atoms with Gasteiger partial charge in [-0.2, -0.15) is 13.2 Å². The van der Waals surface area contributed by atoms with Crippen molar-refractivity contribution in [3.63, 3.8) is 0 Å². The topological polar surface area (TPSA) is 46.2 Å². The molecule has 102 valence electrons. The standard InChI is InChI=1S/C10H11F4NO2S/c1-7(11)6-15-18(16,17)9-4-2-8(3-5-9)10(12,13)14/h2-5,7,15H,6H2,1H3. The van der Waals surface area contributed by atoms with Gasteiger partial charge in [-0.1, -0.05) is 0 Å². The van der Waals surface area contributed by atoms with E-state index in [0.29, 0.717) is 12.1 Å². The first kappa shape index (κ1) is 14.9. The molecule has 1 unspecified atom stereocenters. The van der Waals surface area contributed by atoms with Gasteiger partial charge in [0.2, 0.25) is 10.0 Å². The molecule has 0 saturated carbocycles. The Morgan fingerprint density at radius 3 is 2.11 bits per heavy atom. The van der Waals surface area contributed by atoms with Crippen molar-refractivity contribution < 1.29 is 26.0 Å². The van der Waals surface area contributed by atoms with E-state index in [9.17, 15) is 26.0 Å². The van der Waals surface area contributed by atoms with E-state index < -0.39 is 34.5 Å². The minimum Gasteiger partial charge on any atom is -0.246 e. The van der Waals surface area contributed by atoms with E-state index >= 15 is 0 Å². The van der Waals surface area contributed by atoms with E-state index in [2.05, 4.69) is 0 Å². The highest BCUT2D eigenvalue weighted by molar-refractivity contribution is 7.89. The van der Waals surface area contributed by atoms with Gasteiger partial charge in [-0.05, 0) is 31.2 Å². The highest BCUT2D eigenvalue weighted by Crippen LogP contribution is 2.29. The molecule has 0 spiro atoms. The predicted molar refractivity (Wildman–Crippen MR) is 57.2 cm³/mol. The summed E-state index contributed by atoms with van der Waals surface area (Å²) in [6, 6.07) is 2.98. The van der Waals surface area contributed by atoms with Crippen LogP contribution in [-0.4, -0.2) is 21.1 Å². The minimum atomic E-state index is -4.52. The maximum absolute atomic E-state index is 12.5. The molecule has 1 N–H and O–H groups in total. The third-order valence-corrected chi connectivity index (χ3v) is 3.49. The molecule has 0 saturated heterocycles. The molecule has 18 heavy (non-hydrogen) atoms. The molecule has 0 radical (unpaired) electrons. The van der Waals surface area contributed by atoms with Crippen molar-refractivity contribution in [1.29, 1.82) is 0 Å². The fraction of sp³-hybridized carbons (Fsp3) is 0.400. The summed E-state index contributed by atoms with van der Waals surface area (Å²) in [6.45, 7) is 0.735. The summed E-state index contributed by atoms with van der Waals surface area (Å²) < 4.78 is 74.3. The van der Waals surface area contributed by atoms with Crippen LogP contribution in [0.2, 0.25) is 0 Å². The maximum Gasteiger partial charge on any atom is 0.416 e. The fourth-order valence-corrected chi connectivity index (χ4v) is 2.24. The van der Waals surface area contributed by atoms with Crippen molar-refractivity contribution in [1.82, 2.24) is 4.72 Å². The molecule has 0 aliphatic rings. The Kier molecular flexibility index (Phi) is 4.33. The molecule has 0 aliphatic carbocycles. The summed E-state index contributed by atoms with van der Waals surface area (Å²) in [4.78, 5) is -0.337. The van der Waals surface area contributed by atoms with E-state index in [-0.39, 0.29) is 4.90 Å². The van der Waals surface area contributed by atoms with Crippen LogP contribution in [0.5, 0.6) is 0 Å². The van der Waals surface area contributed by atoms with Crippen LogP contribution in [-0.2, 0) is 16.2 Å². The van der Waals surface area contributed by atoms with E-state index in [4.69, 9.17) is 0 Å². The monoisotopic (exact) mass is 285 g/mol. The van der Waals surface area contributed by atoms with Crippen LogP contribution in [0, 0.1) is 0 Å². The number of halogens is 4. The van der Waals surface area contributed by atoms with Gasteiger partial charge < -0.3 is 0 Å². The zero-order chi connectivity index (χ0) is 14.0. The van der Waals surface area contributed by atoms with Crippen LogP contribution < -0.4 is 4.72 Å². The lowest BCUT2D eigenvalue weighted by Gasteiger charge is -2.09. The summed E-state index contributed by atoms with van der Waals surface area (Å²) in [7, 11) is -3.97. The summed E-state index contributed by atoms with van der Waals surface area (Å²) >= 11 is 0. The molecule has 0 bridgehead atoms. The second-order valence-corrected chi connectivity index (χ2v) is 5.42. The molecule has 1 atom stereocenters. The Hall–Kier alpha value is -1.15. The van der Waals surface area contributed by atoms with E-state index in [0.717, 1.165) is 19.1 Å². The van der Waals surface area contributed by atoms with Crippen molar-refractivity contribution in [3.05, 3.63) is 29.8 Å². The lowest BCUT2D eigenvalue weighted by atomic mass is 10.2. The highest BCUT2D eigenvalue weighted by atomic mass is 32.2. The number of hydrogen-bond acceptors (Lipinski definition) is 2. The van der Waals surface area contributed by atoms with Crippen LogP contribution in [0.4, 0.5) is 17.6 Å². The smallest absolute Gasteiger partial charge is 0.246 e. The van der Waals surface area contributed by atoms with Gasteiger partial charge in [-0.25, -0.2) is 17.5 Å². The number of sulfonamides is 1. The molecule has 1 aromatic rings. The Labute approximate surface area is 102 Å². The van der Waals surface area contributed by atoms with Crippen LogP contribution >= 0.6 is 0 Å². The third kappa shape index (κ3) is 3.95. The molecule has 0 aliphatic heterocycles. The number of hydrogen-bond donors (Lipinski definition) is 1. The highest BCUT2D eigenvalue weighted by Gasteiger charge is 2.30. The molecular formula is C10H11F4NO2S. The van der Waals surface area contributed by atoms with Crippen LogP contribution in [0.15, 0.2) is 29.2 Å². The number of rotatable bonds is 4. The average molecular weight is 285 g/mol. The van der Waals surface area contributed by atoms with Gasteiger partial charge >= 0.3 is 6.18 Å². The lowest BCUT2D eigenvalue weighted by molar-refractivity contribution is -0.137. The summed E-state index contributed by atoms with van der Waals surface area (Å²) in [5.41, 5.74) is -0.944. The molecular weight excluding hydrogens is 274 g/mol. The van der Waals surface area contributed by atoms with Gasteiger partial charge in [0.1, 0.15) is 6.17 Å². The number of alkyl halides is 4. The van der Waals surface area contributed by atoms with Crippen LogP contribution in [0.1, 0.15) is 12.5 Å². The van der Waals surface area contributed by atoms with E-state index in [1.165, 1.54) is 0 Å². The lowest BCUT2D eigenvalue weighted by Crippen LogP contribution is -2.29. The molecule has 0 fully saturated rings. The second-order valence-electron chi connectivity index (χ2n) is 3.65. The molecule has 0 heterocycles. The first-order valence-corrected chi connectivity index (χ1v) is 6.42. The first-order valence-electron chi connectivity index (χ1n) is 4.94. The van der Waals surface area contributed by atoms with E-state index in [1.54, 1.807) is 0 Å². The van der Waals surface area contributed by atoms with Crippen molar-refractivity contribution >= 4 is 10.0 Å². The fourth-order valence-electron chi connectivity index (χ4n) is 1.13. The SMILES string of the molecule is CC(F)CNS(=O)(=O)c1ccc(C(F)(F)F)cc1. The molecule has 0 aromatic heterocycles. The Morgan fingerprint density at radius 2 is 1.72 bits per heavy atom. The maximum atomic E-state index is 12.5. The van der Waals surface area contributed by atoms with Crippen molar-refractivity contribution in [2.24, 2.45) is 0 Å². The Morgan fingerprint density at radius 1 is 1.22 bits per heavy atom. The van der Waals surface area contributed by atoms with Gasteiger partial charge in [0, 0.05) is 6.54 Å². The van der Waals surface area contributed by atoms with Gasteiger partial charge in [-0.15, -0.1) is 0 Å². The van der Waals surface area contributed by atoms with Crippen molar-refractivity contribution in [3.8, 4) is 0 Å². The average Bonchev–Trinajstić information content (AvgIpc) is 2.26.